The van der Waals surface area contributed by atoms with Gasteiger partial charge in [0.05, 0.1) is 6.54 Å². The van der Waals surface area contributed by atoms with E-state index in [1.165, 1.54) is 0 Å². The molecule has 6 N–H and O–H groups in total. The molecule has 0 heterocycles. The van der Waals surface area contributed by atoms with Gasteiger partial charge in [0.1, 0.15) is 5.60 Å². The number of nitrogens with two attached hydrogens (primary N) is 2. The zero-order valence-corrected chi connectivity index (χ0v) is 12.0. The number of rotatable bonds is 7. The zero-order valence-electron chi connectivity index (χ0n) is 12.0. The lowest BCUT2D eigenvalue weighted by Gasteiger charge is -2.23. The van der Waals surface area contributed by atoms with Crippen molar-refractivity contribution in [2.24, 2.45) is 11.5 Å². The molecule has 0 saturated carbocycles. The highest BCUT2D eigenvalue weighted by Crippen LogP contribution is 2.07. The summed E-state index contributed by atoms with van der Waals surface area (Å²) in [5.74, 6) is -0.260. The first-order valence-electron chi connectivity index (χ1n) is 6.45. The molecule has 2 amide bonds. The molecule has 1 atom stereocenters. The number of alkyl carbamates (subject to hydrolysis) is 1. The van der Waals surface area contributed by atoms with Crippen molar-refractivity contribution in [3.05, 3.63) is 0 Å². The van der Waals surface area contributed by atoms with Crippen molar-refractivity contribution in [1.82, 2.24) is 10.6 Å². The van der Waals surface area contributed by atoms with Gasteiger partial charge in [-0.3, -0.25) is 4.79 Å². The summed E-state index contributed by atoms with van der Waals surface area (Å²) in [6.07, 6.45) is 0.913. The van der Waals surface area contributed by atoms with Crippen molar-refractivity contribution in [2.45, 2.75) is 45.3 Å². The fourth-order valence-electron chi connectivity index (χ4n) is 1.37. The third-order valence-corrected chi connectivity index (χ3v) is 2.21. The Balaban J connectivity index is 4.25. The van der Waals surface area contributed by atoms with Crippen LogP contribution in [0, 0.1) is 0 Å². The minimum Gasteiger partial charge on any atom is -0.444 e. The Labute approximate surface area is 114 Å². The van der Waals surface area contributed by atoms with Gasteiger partial charge in [0.25, 0.3) is 0 Å². The standard InChI is InChI=1S/C12H26N4O3/c1-12(2,3)19-11(18)16-9(5-4-6-13)8-15-10(17)7-14/h9H,4-8,13-14H2,1-3H3,(H,15,17)(H,16,18)/t9-/m0/s1. The molecule has 0 aliphatic heterocycles. The summed E-state index contributed by atoms with van der Waals surface area (Å²) in [6, 6.07) is -0.214. The van der Waals surface area contributed by atoms with Gasteiger partial charge in [0.2, 0.25) is 5.91 Å². The zero-order chi connectivity index (χ0) is 14.9. The Kier molecular flexibility index (Phi) is 8.09. The molecule has 7 heteroatoms. The van der Waals surface area contributed by atoms with Gasteiger partial charge in [-0.2, -0.15) is 0 Å². The molecule has 0 fully saturated rings. The second kappa shape index (κ2) is 8.71. The van der Waals surface area contributed by atoms with Crippen molar-refractivity contribution in [3.63, 3.8) is 0 Å². The molecule has 0 aromatic heterocycles. The van der Waals surface area contributed by atoms with E-state index < -0.39 is 11.7 Å². The molecule has 0 bridgehead atoms. The Morgan fingerprint density at radius 2 is 1.89 bits per heavy atom. The Bertz CT molecular complexity index is 289. The van der Waals surface area contributed by atoms with Crippen LogP contribution in [0.3, 0.4) is 0 Å². The van der Waals surface area contributed by atoms with E-state index in [1.807, 2.05) is 0 Å². The predicted molar refractivity (Wildman–Crippen MR) is 73.5 cm³/mol. The highest BCUT2D eigenvalue weighted by atomic mass is 16.6. The summed E-state index contributed by atoms with van der Waals surface area (Å²) < 4.78 is 5.16. The van der Waals surface area contributed by atoms with Gasteiger partial charge in [0.15, 0.2) is 0 Å². The third kappa shape index (κ3) is 10.3. The molecule has 0 saturated heterocycles. The third-order valence-electron chi connectivity index (χ3n) is 2.21. The molecule has 19 heavy (non-hydrogen) atoms. The van der Waals surface area contributed by atoms with Crippen LogP contribution in [0.4, 0.5) is 4.79 Å². The average molecular weight is 274 g/mol. The van der Waals surface area contributed by atoms with Crippen LogP contribution in [-0.2, 0) is 9.53 Å². The number of amides is 2. The quantitative estimate of drug-likeness (QED) is 0.508. The highest BCUT2D eigenvalue weighted by Gasteiger charge is 2.19. The first kappa shape index (κ1) is 17.7. The van der Waals surface area contributed by atoms with Gasteiger partial charge < -0.3 is 26.8 Å². The fraction of sp³-hybridized carbons (Fsp3) is 0.833. The van der Waals surface area contributed by atoms with E-state index >= 15 is 0 Å². The molecule has 0 aromatic rings. The van der Waals surface area contributed by atoms with Gasteiger partial charge >= 0.3 is 6.09 Å². The smallest absolute Gasteiger partial charge is 0.407 e. The number of carbonyl (C=O) groups is 2. The van der Waals surface area contributed by atoms with Crippen LogP contribution in [0.15, 0.2) is 0 Å². The molecule has 0 aliphatic carbocycles. The monoisotopic (exact) mass is 274 g/mol. The minimum absolute atomic E-state index is 0.0734. The largest absolute Gasteiger partial charge is 0.444 e. The average Bonchev–Trinajstić information content (AvgIpc) is 2.29. The summed E-state index contributed by atoms with van der Waals surface area (Å²) in [4.78, 5) is 22.7. The maximum absolute atomic E-state index is 11.6. The van der Waals surface area contributed by atoms with E-state index in [4.69, 9.17) is 16.2 Å². The van der Waals surface area contributed by atoms with Crippen LogP contribution < -0.4 is 22.1 Å². The van der Waals surface area contributed by atoms with E-state index in [0.29, 0.717) is 19.5 Å². The van der Waals surface area contributed by atoms with Crippen molar-refractivity contribution in [1.29, 1.82) is 0 Å². The molecule has 0 rings (SSSR count). The molecular weight excluding hydrogens is 248 g/mol. The molecule has 112 valence electrons. The lowest BCUT2D eigenvalue weighted by atomic mass is 10.1. The Morgan fingerprint density at radius 3 is 2.37 bits per heavy atom. The molecule has 0 spiro atoms. The Hall–Kier alpha value is -1.34. The fourth-order valence-corrected chi connectivity index (χ4v) is 1.37. The van der Waals surface area contributed by atoms with Gasteiger partial charge in [-0.1, -0.05) is 0 Å². The van der Waals surface area contributed by atoms with Gasteiger partial charge in [-0.05, 0) is 40.2 Å². The second-order valence-electron chi connectivity index (χ2n) is 5.28. The van der Waals surface area contributed by atoms with Crippen LogP contribution in [0.2, 0.25) is 0 Å². The number of nitrogens with one attached hydrogen (secondary N) is 2. The predicted octanol–water partition coefficient (Wildman–Crippen LogP) is -0.306. The molecule has 0 radical (unpaired) electrons. The van der Waals surface area contributed by atoms with E-state index in [9.17, 15) is 9.59 Å². The molecule has 0 aromatic carbocycles. The van der Waals surface area contributed by atoms with Gasteiger partial charge in [-0.15, -0.1) is 0 Å². The summed E-state index contributed by atoms with van der Waals surface area (Å²) in [6.45, 7) is 6.13. The topological polar surface area (TPSA) is 119 Å². The summed E-state index contributed by atoms with van der Waals surface area (Å²) in [7, 11) is 0. The number of hydrogen-bond donors (Lipinski definition) is 4. The summed E-state index contributed by atoms with van der Waals surface area (Å²) in [5.41, 5.74) is 10.1. The van der Waals surface area contributed by atoms with Crippen molar-refractivity contribution in [3.8, 4) is 0 Å². The lowest BCUT2D eigenvalue weighted by Crippen LogP contribution is -2.46. The molecular formula is C12H26N4O3. The molecule has 7 nitrogen and oxygen atoms in total. The van der Waals surface area contributed by atoms with Gasteiger partial charge in [0, 0.05) is 12.6 Å². The van der Waals surface area contributed by atoms with Crippen LogP contribution in [0.1, 0.15) is 33.6 Å². The maximum atomic E-state index is 11.6. The minimum atomic E-state index is -0.553. The summed E-state index contributed by atoms with van der Waals surface area (Å²) >= 11 is 0. The van der Waals surface area contributed by atoms with Crippen molar-refractivity contribution < 1.29 is 14.3 Å². The van der Waals surface area contributed by atoms with Crippen LogP contribution in [0.25, 0.3) is 0 Å². The SMILES string of the molecule is CC(C)(C)OC(=O)N[C@@H](CCCN)CNC(=O)CN. The van der Waals surface area contributed by atoms with Crippen LogP contribution in [0.5, 0.6) is 0 Å². The van der Waals surface area contributed by atoms with E-state index in [0.717, 1.165) is 6.42 Å². The number of carbonyl (C=O) groups excluding carboxylic acids is 2. The first-order valence-corrected chi connectivity index (χ1v) is 6.45. The molecule has 0 aliphatic rings. The normalized spacial score (nSPS) is 12.7. The van der Waals surface area contributed by atoms with Crippen molar-refractivity contribution >= 4 is 12.0 Å². The highest BCUT2D eigenvalue weighted by molar-refractivity contribution is 5.77. The van der Waals surface area contributed by atoms with Gasteiger partial charge in [-0.25, -0.2) is 4.79 Å². The van der Waals surface area contributed by atoms with Crippen LogP contribution >= 0.6 is 0 Å². The lowest BCUT2D eigenvalue weighted by molar-refractivity contribution is -0.119. The number of ether oxygens (including phenoxy) is 1. The van der Waals surface area contributed by atoms with Crippen molar-refractivity contribution in [2.75, 3.05) is 19.6 Å². The number of hydrogen-bond acceptors (Lipinski definition) is 5. The van der Waals surface area contributed by atoms with E-state index in [2.05, 4.69) is 10.6 Å². The maximum Gasteiger partial charge on any atom is 0.407 e. The first-order chi connectivity index (χ1) is 8.78. The summed E-state index contributed by atoms with van der Waals surface area (Å²) in [5, 5.41) is 5.35. The van der Waals surface area contributed by atoms with Crippen LogP contribution in [-0.4, -0.2) is 43.3 Å². The second-order valence-corrected chi connectivity index (χ2v) is 5.28. The Morgan fingerprint density at radius 1 is 1.26 bits per heavy atom. The molecule has 0 unspecified atom stereocenters. The van der Waals surface area contributed by atoms with E-state index in [-0.39, 0.29) is 18.5 Å². The van der Waals surface area contributed by atoms with E-state index in [1.54, 1.807) is 20.8 Å².